The molecule has 100 valence electrons. The molecule has 4 heteroatoms. The normalized spacial score (nSPS) is 10.7. The number of benzene rings is 1. The molecule has 20 heavy (non-hydrogen) atoms. The van der Waals surface area contributed by atoms with E-state index in [0.29, 0.717) is 17.5 Å². The van der Waals surface area contributed by atoms with Crippen LogP contribution in [0, 0.1) is 0 Å². The number of pyridine rings is 2. The number of hydrogen-bond acceptors (Lipinski definition) is 3. The summed E-state index contributed by atoms with van der Waals surface area (Å²) in [5, 5.41) is 1.70. The number of hydrogen-bond donors (Lipinski definition) is 0. The number of rotatable bonds is 3. The van der Waals surface area contributed by atoms with Gasteiger partial charge in [-0.25, -0.2) is 4.98 Å². The Morgan fingerprint density at radius 2 is 1.85 bits per heavy atom. The Kier molecular flexibility index (Phi) is 3.52. The number of halogens is 1. The molecule has 0 aliphatic heterocycles. The zero-order chi connectivity index (χ0) is 13.9. The van der Waals surface area contributed by atoms with Gasteiger partial charge in [-0.3, -0.25) is 4.98 Å². The summed E-state index contributed by atoms with van der Waals surface area (Å²) >= 11 is 5.93. The molecule has 0 aliphatic rings. The molecule has 3 nitrogen and oxygen atoms in total. The van der Waals surface area contributed by atoms with Gasteiger partial charge in [0.05, 0.1) is 12.1 Å². The Morgan fingerprint density at radius 1 is 1.05 bits per heavy atom. The third kappa shape index (κ3) is 2.45. The van der Waals surface area contributed by atoms with E-state index in [0.717, 1.165) is 22.0 Å². The summed E-state index contributed by atoms with van der Waals surface area (Å²) in [5.41, 5.74) is 2.89. The summed E-state index contributed by atoms with van der Waals surface area (Å²) in [6, 6.07) is 11.5. The Morgan fingerprint density at radius 3 is 2.60 bits per heavy atom. The molecule has 0 N–H and O–H groups in total. The minimum absolute atomic E-state index is 0.597. The molecule has 0 atom stereocenters. The third-order valence-corrected chi connectivity index (χ3v) is 3.27. The zero-order valence-electron chi connectivity index (χ0n) is 11.0. The minimum Gasteiger partial charge on any atom is -0.478 e. The Labute approximate surface area is 122 Å². The highest BCUT2D eigenvalue weighted by molar-refractivity contribution is 6.30. The van der Waals surface area contributed by atoms with Crippen molar-refractivity contribution in [2.45, 2.75) is 6.92 Å². The van der Waals surface area contributed by atoms with Gasteiger partial charge in [0.15, 0.2) is 0 Å². The lowest BCUT2D eigenvalue weighted by Gasteiger charge is -2.08. The van der Waals surface area contributed by atoms with Crippen LogP contribution in [0.5, 0.6) is 5.88 Å². The molecule has 1 aromatic carbocycles. The maximum absolute atomic E-state index is 5.93. The second kappa shape index (κ2) is 5.47. The summed E-state index contributed by atoms with van der Waals surface area (Å²) in [6.07, 6.45) is 3.62. The molecule has 3 rings (SSSR count). The maximum atomic E-state index is 5.93. The van der Waals surface area contributed by atoms with Crippen LogP contribution in [-0.4, -0.2) is 16.6 Å². The van der Waals surface area contributed by atoms with Crippen molar-refractivity contribution in [3.8, 4) is 17.0 Å². The predicted octanol–water partition coefficient (Wildman–Crippen LogP) is 4.35. The van der Waals surface area contributed by atoms with E-state index in [1.165, 1.54) is 0 Å². The van der Waals surface area contributed by atoms with Crippen molar-refractivity contribution in [3.05, 3.63) is 53.8 Å². The lowest BCUT2D eigenvalue weighted by Crippen LogP contribution is -1.95. The van der Waals surface area contributed by atoms with E-state index in [4.69, 9.17) is 16.3 Å². The van der Waals surface area contributed by atoms with Crippen LogP contribution in [0.15, 0.2) is 48.8 Å². The Bertz CT molecular complexity index is 741. The molecular formula is C16H13ClN2O. The average molecular weight is 285 g/mol. The van der Waals surface area contributed by atoms with Crippen LogP contribution < -0.4 is 4.74 Å². The van der Waals surface area contributed by atoms with Crippen LogP contribution in [0.4, 0.5) is 0 Å². The molecule has 0 amide bonds. The lowest BCUT2D eigenvalue weighted by molar-refractivity contribution is 0.328. The highest BCUT2D eigenvalue weighted by Gasteiger charge is 2.07. The molecular weight excluding hydrogens is 272 g/mol. The second-order valence-electron chi connectivity index (χ2n) is 4.35. The monoisotopic (exact) mass is 284 g/mol. The molecule has 2 heterocycles. The van der Waals surface area contributed by atoms with Crippen molar-refractivity contribution in [1.29, 1.82) is 0 Å². The van der Waals surface area contributed by atoms with Crippen LogP contribution in [0.2, 0.25) is 5.02 Å². The lowest BCUT2D eigenvalue weighted by atomic mass is 10.1. The maximum Gasteiger partial charge on any atom is 0.213 e. The SMILES string of the molecule is CCOc1ccc2cncc(-c3ccc(Cl)cc3)c2n1. The summed E-state index contributed by atoms with van der Waals surface area (Å²) in [6.45, 7) is 2.54. The number of ether oxygens (including phenoxy) is 1. The predicted molar refractivity (Wildman–Crippen MR) is 81.2 cm³/mol. The van der Waals surface area contributed by atoms with E-state index in [1.807, 2.05) is 49.5 Å². The first-order chi connectivity index (χ1) is 9.78. The molecule has 0 bridgehead atoms. The molecule has 0 fully saturated rings. The topological polar surface area (TPSA) is 35.0 Å². The molecule has 0 unspecified atom stereocenters. The molecule has 0 radical (unpaired) electrons. The van der Waals surface area contributed by atoms with Gasteiger partial charge in [-0.05, 0) is 30.7 Å². The zero-order valence-corrected chi connectivity index (χ0v) is 11.8. The molecule has 0 spiro atoms. The number of aromatic nitrogens is 2. The third-order valence-electron chi connectivity index (χ3n) is 3.02. The van der Waals surface area contributed by atoms with Crippen LogP contribution in [0.25, 0.3) is 22.0 Å². The molecule has 0 saturated heterocycles. The molecule has 0 aliphatic carbocycles. The van der Waals surface area contributed by atoms with Gasteiger partial charge >= 0.3 is 0 Å². The van der Waals surface area contributed by atoms with E-state index < -0.39 is 0 Å². The van der Waals surface area contributed by atoms with Crippen LogP contribution in [0.3, 0.4) is 0 Å². The van der Waals surface area contributed by atoms with Gasteiger partial charge in [-0.15, -0.1) is 0 Å². The van der Waals surface area contributed by atoms with Gasteiger partial charge in [-0.2, -0.15) is 0 Å². The quantitative estimate of drug-likeness (QED) is 0.717. The fraction of sp³-hybridized carbons (Fsp3) is 0.125. The van der Waals surface area contributed by atoms with Crippen LogP contribution >= 0.6 is 11.6 Å². The summed E-state index contributed by atoms with van der Waals surface area (Å²) < 4.78 is 5.47. The summed E-state index contributed by atoms with van der Waals surface area (Å²) in [5.74, 6) is 0.626. The van der Waals surface area contributed by atoms with Gasteiger partial charge in [0.25, 0.3) is 0 Å². The van der Waals surface area contributed by atoms with Gasteiger partial charge in [0.1, 0.15) is 0 Å². The largest absolute Gasteiger partial charge is 0.478 e. The van der Waals surface area contributed by atoms with E-state index in [-0.39, 0.29) is 0 Å². The Hall–Kier alpha value is -2.13. The van der Waals surface area contributed by atoms with Crippen LogP contribution in [0.1, 0.15) is 6.92 Å². The Balaban J connectivity index is 2.18. The fourth-order valence-corrected chi connectivity index (χ4v) is 2.22. The van der Waals surface area contributed by atoms with E-state index in [9.17, 15) is 0 Å². The van der Waals surface area contributed by atoms with E-state index in [2.05, 4.69) is 9.97 Å². The highest BCUT2D eigenvalue weighted by atomic mass is 35.5. The first-order valence-corrected chi connectivity index (χ1v) is 6.79. The minimum atomic E-state index is 0.597. The number of fused-ring (bicyclic) bond motifs is 1. The van der Waals surface area contributed by atoms with Crippen molar-refractivity contribution < 1.29 is 4.74 Å². The molecule has 3 aromatic rings. The first-order valence-electron chi connectivity index (χ1n) is 6.41. The van der Waals surface area contributed by atoms with E-state index in [1.54, 1.807) is 6.20 Å². The van der Waals surface area contributed by atoms with Gasteiger partial charge in [0.2, 0.25) is 5.88 Å². The molecule has 0 saturated carbocycles. The fourth-order valence-electron chi connectivity index (χ4n) is 2.09. The standard InChI is InChI=1S/C16H13ClN2O/c1-2-20-15-8-5-12-9-18-10-14(16(12)19-15)11-3-6-13(17)7-4-11/h3-10H,2H2,1H3. The first kappa shape index (κ1) is 12.9. The van der Waals surface area contributed by atoms with Gasteiger partial charge in [0, 0.05) is 34.4 Å². The summed E-state index contributed by atoms with van der Waals surface area (Å²) in [4.78, 5) is 8.84. The van der Waals surface area contributed by atoms with E-state index >= 15 is 0 Å². The van der Waals surface area contributed by atoms with Crippen molar-refractivity contribution in [2.24, 2.45) is 0 Å². The smallest absolute Gasteiger partial charge is 0.213 e. The van der Waals surface area contributed by atoms with Crippen LogP contribution in [-0.2, 0) is 0 Å². The van der Waals surface area contributed by atoms with Gasteiger partial charge < -0.3 is 4.74 Å². The number of nitrogens with zero attached hydrogens (tertiary/aromatic N) is 2. The van der Waals surface area contributed by atoms with Crippen molar-refractivity contribution in [3.63, 3.8) is 0 Å². The van der Waals surface area contributed by atoms with Crippen molar-refractivity contribution in [2.75, 3.05) is 6.61 Å². The summed E-state index contributed by atoms with van der Waals surface area (Å²) in [7, 11) is 0. The highest BCUT2D eigenvalue weighted by Crippen LogP contribution is 2.28. The van der Waals surface area contributed by atoms with Crippen molar-refractivity contribution >= 4 is 22.5 Å². The molecule has 2 aromatic heterocycles. The van der Waals surface area contributed by atoms with Crippen molar-refractivity contribution in [1.82, 2.24) is 9.97 Å². The average Bonchev–Trinajstić information content (AvgIpc) is 2.48. The van der Waals surface area contributed by atoms with Gasteiger partial charge in [-0.1, -0.05) is 23.7 Å². The second-order valence-corrected chi connectivity index (χ2v) is 4.78.